The lowest BCUT2D eigenvalue weighted by Gasteiger charge is -2.29. The fourth-order valence-corrected chi connectivity index (χ4v) is 2.28. The maximum Gasteiger partial charge on any atom is 0.333 e. The van der Waals surface area contributed by atoms with Crippen LogP contribution < -0.4 is 9.47 Å². The normalized spacial score (nSPS) is 15.2. The van der Waals surface area contributed by atoms with Gasteiger partial charge in [-0.15, -0.1) is 0 Å². The van der Waals surface area contributed by atoms with Crippen molar-refractivity contribution in [3.05, 3.63) is 28.8 Å². The van der Waals surface area contributed by atoms with Gasteiger partial charge in [0.1, 0.15) is 5.57 Å². The van der Waals surface area contributed by atoms with Crippen LogP contribution in [0.25, 0.3) is 6.08 Å². The third-order valence-corrected chi connectivity index (χ3v) is 3.72. The summed E-state index contributed by atoms with van der Waals surface area (Å²) < 4.78 is 10.4. The second-order valence-electron chi connectivity index (χ2n) is 5.13. The molecule has 1 aromatic carbocycles. The molecule has 1 aliphatic rings. The Morgan fingerprint density at radius 1 is 0.913 bits per heavy atom. The number of barbiturate groups is 1. The fourth-order valence-electron chi connectivity index (χ4n) is 2.28. The monoisotopic (exact) mass is 318 g/mol. The lowest BCUT2D eigenvalue weighted by Crippen LogP contribution is -2.52. The van der Waals surface area contributed by atoms with Crippen molar-refractivity contribution in [2.75, 3.05) is 28.3 Å². The lowest BCUT2D eigenvalue weighted by molar-refractivity contribution is -0.134. The number of aryl methyl sites for hydroxylation is 1. The van der Waals surface area contributed by atoms with Gasteiger partial charge < -0.3 is 9.47 Å². The number of amides is 4. The number of nitrogens with zero attached hydrogens (tertiary/aromatic N) is 2. The summed E-state index contributed by atoms with van der Waals surface area (Å²) in [5.41, 5.74) is 1.36. The van der Waals surface area contributed by atoms with E-state index < -0.39 is 17.8 Å². The number of methoxy groups -OCH3 is 2. The molecular weight excluding hydrogens is 300 g/mol. The summed E-state index contributed by atoms with van der Waals surface area (Å²) in [5, 5.41) is 0. The molecule has 2 rings (SSSR count). The predicted molar refractivity (Wildman–Crippen MR) is 83.2 cm³/mol. The SMILES string of the molecule is COc1cc(C)c(C=C2C(=O)N(C)C(=O)N(C)C2=O)cc1OC. The zero-order chi connectivity index (χ0) is 17.3. The van der Waals surface area contributed by atoms with Crippen LogP contribution >= 0.6 is 0 Å². The molecule has 0 saturated carbocycles. The Bertz CT molecular complexity index is 697. The smallest absolute Gasteiger partial charge is 0.333 e. The van der Waals surface area contributed by atoms with Crippen molar-refractivity contribution < 1.29 is 23.9 Å². The second kappa shape index (κ2) is 6.12. The maximum atomic E-state index is 12.2. The Balaban J connectivity index is 2.54. The summed E-state index contributed by atoms with van der Waals surface area (Å²) in [6.07, 6.45) is 1.46. The van der Waals surface area contributed by atoms with Crippen LogP contribution in [-0.2, 0) is 9.59 Å². The summed E-state index contributed by atoms with van der Waals surface area (Å²) in [4.78, 5) is 38.0. The highest BCUT2D eigenvalue weighted by Crippen LogP contribution is 2.31. The first-order valence-corrected chi connectivity index (χ1v) is 6.86. The molecule has 0 radical (unpaired) electrons. The van der Waals surface area contributed by atoms with Crippen molar-refractivity contribution in [2.24, 2.45) is 0 Å². The third-order valence-electron chi connectivity index (χ3n) is 3.72. The van der Waals surface area contributed by atoms with Crippen molar-refractivity contribution in [2.45, 2.75) is 6.92 Å². The minimum Gasteiger partial charge on any atom is -0.493 e. The third kappa shape index (κ3) is 2.77. The van der Waals surface area contributed by atoms with Crippen LogP contribution in [0, 0.1) is 6.92 Å². The van der Waals surface area contributed by atoms with Crippen molar-refractivity contribution in [3.63, 3.8) is 0 Å². The first-order valence-electron chi connectivity index (χ1n) is 6.86. The van der Waals surface area contributed by atoms with E-state index in [2.05, 4.69) is 0 Å². The molecule has 0 atom stereocenters. The minimum atomic E-state index is -0.652. The molecule has 122 valence electrons. The van der Waals surface area contributed by atoms with Gasteiger partial charge in [0.15, 0.2) is 11.5 Å². The highest BCUT2D eigenvalue weighted by atomic mass is 16.5. The van der Waals surface area contributed by atoms with Crippen LogP contribution in [0.2, 0.25) is 0 Å². The van der Waals surface area contributed by atoms with E-state index in [9.17, 15) is 14.4 Å². The molecule has 1 heterocycles. The number of ether oxygens (including phenoxy) is 2. The van der Waals surface area contributed by atoms with E-state index in [4.69, 9.17) is 9.47 Å². The van der Waals surface area contributed by atoms with Gasteiger partial charge in [-0.3, -0.25) is 19.4 Å². The van der Waals surface area contributed by atoms with Crippen LogP contribution in [-0.4, -0.2) is 56.0 Å². The van der Waals surface area contributed by atoms with E-state index in [1.807, 2.05) is 6.92 Å². The Labute approximate surface area is 134 Å². The van der Waals surface area contributed by atoms with Gasteiger partial charge in [0.05, 0.1) is 14.2 Å². The van der Waals surface area contributed by atoms with Crippen molar-refractivity contribution in [3.8, 4) is 11.5 Å². The summed E-state index contributed by atoms with van der Waals surface area (Å²) in [6, 6.07) is 2.78. The zero-order valence-electron chi connectivity index (χ0n) is 13.7. The molecule has 1 saturated heterocycles. The van der Waals surface area contributed by atoms with Crippen LogP contribution in [0.3, 0.4) is 0 Å². The number of likely N-dealkylation sites (N-methyl/N-ethyl adjacent to an activating group) is 2. The molecule has 4 amide bonds. The molecule has 0 N–H and O–H groups in total. The lowest BCUT2D eigenvalue weighted by atomic mass is 10.0. The van der Waals surface area contributed by atoms with Crippen LogP contribution in [0.5, 0.6) is 11.5 Å². The molecule has 0 aliphatic carbocycles. The van der Waals surface area contributed by atoms with Gasteiger partial charge in [0, 0.05) is 14.1 Å². The number of hydrogen-bond acceptors (Lipinski definition) is 5. The Hall–Kier alpha value is -2.83. The molecule has 7 heteroatoms. The van der Waals surface area contributed by atoms with E-state index in [0.717, 1.165) is 15.4 Å². The number of carbonyl (C=O) groups excluding carboxylic acids is 3. The quantitative estimate of drug-likeness (QED) is 0.623. The highest BCUT2D eigenvalue weighted by Gasteiger charge is 2.37. The van der Waals surface area contributed by atoms with Gasteiger partial charge in [-0.1, -0.05) is 0 Å². The largest absolute Gasteiger partial charge is 0.493 e. The number of rotatable bonds is 3. The molecule has 7 nitrogen and oxygen atoms in total. The predicted octanol–water partition coefficient (Wildman–Crippen LogP) is 1.45. The molecule has 1 aliphatic heterocycles. The Kier molecular flexibility index (Phi) is 4.40. The Morgan fingerprint density at radius 2 is 1.39 bits per heavy atom. The molecular formula is C16H18N2O5. The maximum absolute atomic E-state index is 12.2. The molecule has 0 spiro atoms. The van der Waals surface area contributed by atoms with E-state index in [0.29, 0.717) is 17.1 Å². The Morgan fingerprint density at radius 3 is 1.87 bits per heavy atom. The molecule has 0 aromatic heterocycles. The average Bonchev–Trinajstić information content (AvgIpc) is 2.55. The van der Waals surface area contributed by atoms with E-state index in [-0.39, 0.29) is 5.57 Å². The van der Waals surface area contributed by atoms with Gasteiger partial charge in [0.2, 0.25) is 0 Å². The number of imide groups is 2. The van der Waals surface area contributed by atoms with Crippen molar-refractivity contribution >= 4 is 23.9 Å². The van der Waals surface area contributed by atoms with E-state index >= 15 is 0 Å². The summed E-state index contributed by atoms with van der Waals surface area (Å²) in [5.74, 6) is -0.226. The first-order chi connectivity index (χ1) is 10.8. The highest BCUT2D eigenvalue weighted by molar-refractivity contribution is 6.30. The van der Waals surface area contributed by atoms with Gasteiger partial charge in [-0.25, -0.2) is 4.79 Å². The van der Waals surface area contributed by atoms with Crippen LogP contribution in [0.1, 0.15) is 11.1 Å². The van der Waals surface area contributed by atoms with E-state index in [1.165, 1.54) is 34.4 Å². The molecule has 0 unspecified atom stereocenters. The molecule has 23 heavy (non-hydrogen) atoms. The number of benzene rings is 1. The fraction of sp³-hybridized carbons (Fsp3) is 0.312. The van der Waals surface area contributed by atoms with Gasteiger partial charge in [-0.05, 0) is 36.3 Å². The topological polar surface area (TPSA) is 76.2 Å². The van der Waals surface area contributed by atoms with Gasteiger partial charge in [-0.2, -0.15) is 0 Å². The summed E-state index contributed by atoms with van der Waals surface area (Å²) >= 11 is 0. The average molecular weight is 318 g/mol. The van der Waals surface area contributed by atoms with Gasteiger partial charge >= 0.3 is 6.03 Å². The van der Waals surface area contributed by atoms with Gasteiger partial charge in [0.25, 0.3) is 11.8 Å². The zero-order valence-corrected chi connectivity index (χ0v) is 13.7. The summed E-state index contributed by atoms with van der Waals surface area (Å²) in [7, 11) is 5.70. The minimum absolute atomic E-state index is 0.0788. The number of hydrogen-bond donors (Lipinski definition) is 0. The summed E-state index contributed by atoms with van der Waals surface area (Å²) in [6.45, 7) is 1.82. The van der Waals surface area contributed by atoms with Crippen LogP contribution in [0.15, 0.2) is 17.7 Å². The van der Waals surface area contributed by atoms with Crippen molar-refractivity contribution in [1.29, 1.82) is 0 Å². The number of urea groups is 1. The van der Waals surface area contributed by atoms with E-state index in [1.54, 1.807) is 12.1 Å². The van der Waals surface area contributed by atoms with Crippen molar-refractivity contribution in [1.82, 2.24) is 9.80 Å². The second-order valence-corrected chi connectivity index (χ2v) is 5.13. The molecule has 1 aromatic rings. The number of carbonyl (C=O) groups is 3. The molecule has 0 bridgehead atoms. The molecule has 1 fully saturated rings. The first kappa shape index (κ1) is 16.5. The standard InChI is InChI=1S/C16H18N2O5/c1-9-6-12(22-4)13(23-5)8-10(9)7-11-14(19)17(2)16(21)18(3)15(11)20/h6-8H,1-5H3. The van der Waals surface area contributed by atoms with Crippen LogP contribution in [0.4, 0.5) is 4.79 Å².